The highest BCUT2D eigenvalue weighted by atomic mass is 16.6. The third-order valence-electron chi connectivity index (χ3n) is 4.67. The quantitative estimate of drug-likeness (QED) is 0.0977. The van der Waals surface area contributed by atoms with Crippen LogP contribution in [0.3, 0.4) is 0 Å². The van der Waals surface area contributed by atoms with Gasteiger partial charge in [-0.25, -0.2) is 0 Å². The standard InChI is InChI=1S/C25H43NO10/c1-2-3-4-9-29-10-11-30-12-13-31-14-15-32-16-17-33-18-19-34-20-21-35-22-23-36-25-7-5-24(6-8-25)26(27)28/h5-8H,2-4,9-23H2,1H3. The largest absolute Gasteiger partial charge is 0.491 e. The van der Waals surface area contributed by atoms with Crippen LogP contribution in [0.4, 0.5) is 5.69 Å². The summed E-state index contributed by atoms with van der Waals surface area (Å²) in [7, 11) is 0. The summed E-state index contributed by atoms with van der Waals surface area (Å²) < 4.78 is 43.5. The molecule has 1 aromatic rings. The van der Waals surface area contributed by atoms with Crippen LogP contribution in [0.25, 0.3) is 0 Å². The van der Waals surface area contributed by atoms with Gasteiger partial charge in [-0.1, -0.05) is 19.8 Å². The number of ether oxygens (including phenoxy) is 8. The normalized spacial score (nSPS) is 11.1. The molecule has 0 aromatic heterocycles. The van der Waals surface area contributed by atoms with Crippen molar-refractivity contribution in [3.63, 3.8) is 0 Å². The van der Waals surface area contributed by atoms with E-state index >= 15 is 0 Å². The van der Waals surface area contributed by atoms with Crippen molar-refractivity contribution in [2.24, 2.45) is 0 Å². The van der Waals surface area contributed by atoms with Crippen LogP contribution in [0, 0.1) is 10.1 Å². The molecule has 0 bridgehead atoms. The van der Waals surface area contributed by atoms with Crippen LogP contribution >= 0.6 is 0 Å². The zero-order valence-corrected chi connectivity index (χ0v) is 21.6. The van der Waals surface area contributed by atoms with E-state index in [1.54, 1.807) is 12.1 Å². The number of nitrogens with zero attached hydrogens (tertiary/aromatic N) is 1. The summed E-state index contributed by atoms with van der Waals surface area (Å²) in [6.45, 7) is 10.0. The third kappa shape index (κ3) is 20.3. The monoisotopic (exact) mass is 517 g/mol. The highest BCUT2D eigenvalue weighted by molar-refractivity contribution is 5.35. The number of unbranched alkanes of at least 4 members (excludes halogenated alkanes) is 2. The molecule has 0 radical (unpaired) electrons. The fraction of sp³-hybridized carbons (Fsp3) is 0.760. The Kier molecular flexibility index (Phi) is 22.2. The molecular formula is C25H43NO10. The van der Waals surface area contributed by atoms with E-state index in [-0.39, 0.29) is 5.69 Å². The molecule has 208 valence electrons. The minimum Gasteiger partial charge on any atom is -0.491 e. The molecule has 0 aliphatic carbocycles. The first-order valence-corrected chi connectivity index (χ1v) is 12.7. The minimum absolute atomic E-state index is 0.0318. The number of rotatable bonds is 27. The Balaban J connectivity index is 1.70. The average molecular weight is 518 g/mol. The Labute approximate surface area is 214 Å². The Hall–Kier alpha value is -1.86. The van der Waals surface area contributed by atoms with Crippen LogP contribution in [-0.2, 0) is 33.2 Å². The second-order valence-corrected chi connectivity index (χ2v) is 7.59. The molecule has 1 aromatic carbocycles. The second-order valence-electron chi connectivity index (χ2n) is 7.59. The number of hydrogen-bond acceptors (Lipinski definition) is 10. The van der Waals surface area contributed by atoms with Crippen molar-refractivity contribution in [1.82, 2.24) is 0 Å². The van der Waals surface area contributed by atoms with Gasteiger partial charge in [-0.2, -0.15) is 0 Å². The van der Waals surface area contributed by atoms with Crippen molar-refractivity contribution in [2.75, 3.05) is 99.1 Å². The molecule has 0 N–H and O–H groups in total. The van der Waals surface area contributed by atoms with Crippen molar-refractivity contribution < 1.29 is 42.8 Å². The molecule has 36 heavy (non-hydrogen) atoms. The summed E-state index contributed by atoms with van der Waals surface area (Å²) in [6, 6.07) is 5.93. The fourth-order valence-electron chi connectivity index (χ4n) is 2.76. The second kappa shape index (κ2) is 24.8. The summed E-state index contributed by atoms with van der Waals surface area (Å²) in [5.41, 5.74) is 0.0318. The maximum atomic E-state index is 10.6. The van der Waals surface area contributed by atoms with Gasteiger partial charge in [0.05, 0.1) is 90.8 Å². The van der Waals surface area contributed by atoms with Crippen molar-refractivity contribution in [1.29, 1.82) is 0 Å². The van der Waals surface area contributed by atoms with Gasteiger partial charge < -0.3 is 37.9 Å². The number of non-ortho nitro benzene ring substituents is 1. The lowest BCUT2D eigenvalue weighted by Gasteiger charge is -2.09. The molecule has 0 fully saturated rings. The van der Waals surface area contributed by atoms with Gasteiger partial charge in [0, 0.05) is 18.7 Å². The Morgan fingerprint density at radius 3 is 1.28 bits per heavy atom. The van der Waals surface area contributed by atoms with E-state index < -0.39 is 4.92 Å². The first-order chi connectivity index (χ1) is 17.7. The molecule has 0 atom stereocenters. The van der Waals surface area contributed by atoms with E-state index in [1.807, 2.05) is 0 Å². The number of nitro groups is 1. The number of nitro benzene ring substituents is 1. The molecule has 11 heteroatoms. The van der Waals surface area contributed by atoms with Gasteiger partial charge in [0.1, 0.15) is 12.4 Å². The van der Waals surface area contributed by atoms with Gasteiger partial charge in [0.2, 0.25) is 0 Å². The van der Waals surface area contributed by atoms with E-state index in [2.05, 4.69) is 6.92 Å². The summed E-state index contributed by atoms with van der Waals surface area (Å²) in [4.78, 5) is 10.2. The van der Waals surface area contributed by atoms with Crippen LogP contribution in [0.2, 0.25) is 0 Å². The molecule has 0 heterocycles. The zero-order chi connectivity index (χ0) is 25.9. The van der Waals surface area contributed by atoms with Crippen molar-refractivity contribution in [3.8, 4) is 5.75 Å². The molecule has 0 saturated heterocycles. The first-order valence-electron chi connectivity index (χ1n) is 12.7. The summed E-state index contributed by atoms with van der Waals surface area (Å²) >= 11 is 0. The molecule has 0 amide bonds. The summed E-state index contributed by atoms with van der Waals surface area (Å²) in [5, 5.41) is 10.6. The highest BCUT2D eigenvalue weighted by Crippen LogP contribution is 2.17. The van der Waals surface area contributed by atoms with Gasteiger partial charge in [0.25, 0.3) is 5.69 Å². The molecule has 0 spiro atoms. The molecular weight excluding hydrogens is 474 g/mol. The van der Waals surface area contributed by atoms with E-state index in [0.29, 0.717) is 98.2 Å². The lowest BCUT2D eigenvalue weighted by atomic mass is 10.3. The molecule has 0 aliphatic rings. The van der Waals surface area contributed by atoms with Crippen LogP contribution in [0.5, 0.6) is 5.75 Å². The van der Waals surface area contributed by atoms with Crippen LogP contribution in [0.15, 0.2) is 24.3 Å². The third-order valence-corrected chi connectivity index (χ3v) is 4.67. The van der Waals surface area contributed by atoms with Crippen LogP contribution < -0.4 is 4.74 Å². The lowest BCUT2D eigenvalue weighted by Crippen LogP contribution is -2.15. The molecule has 0 saturated carbocycles. The van der Waals surface area contributed by atoms with Gasteiger partial charge in [-0.05, 0) is 18.6 Å². The van der Waals surface area contributed by atoms with Gasteiger partial charge >= 0.3 is 0 Å². The smallest absolute Gasteiger partial charge is 0.269 e. The van der Waals surface area contributed by atoms with E-state index in [0.717, 1.165) is 13.0 Å². The Morgan fingerprint density at radius 1 is 0.556 bits per heavy atom. The average Bonchev–Trinajstić information content (AvgIpc) is 2.89. The SMILES string of the molecule is CCCCCOCCOCCOCCOCCOCCOCCOCCOc1ccc([N+](=O)[O-])cc1. The van der Waals surface area contributed by atoms with Crippen molar-refractivity contribution >= 4 is 5.69 Å². The van der Waals surface area contributed by atoms with Gasteiger partial charge in [-0.3, -0.25) is 10.1 Å². The molecule has 11 nitrogen and oxygen atoms in total. The molecule has 0 unspecified atom stereocenters. The molecule has 0 aliphatic heterocycles. The Morgan fingerprint density at radius 2 is 0.917 bits per heavy atom. The predicted octanol–water partition coefficient (Wildman–Crippen LogP) is 3.28. The Bertz CT molecular complexity index is 617. The van der Waals surface area contributed by atoms with E-state index in [1.165, 1.54) is 25.0 Å². The molecule has 1 rings (SSSR count). The first kappa shape index (κ1) is 32.2. The number of hydrogen-bond donors (Lipinski definition) is 0. The lowest BCUT2D eigenvalue weighted by molar-refractivity contribution is -0.384. The topological polar surface area (TPSA) is 117 Å². The van der Waals surface area contributed by atoms with Crippen LogP contribution in [0.1, 0.15) is 26.2 Å². The van der Waals surface area contributed by atoms with E-state index in [4.69, 9.17) is 37.9 Å². The van der Waals surface area contributed by atoms with Crippen molar-refractivity contribution in [3.05, 3.63) is 34.4 Å². The zero-order valence-electron chi connectivity index (χ0n) is 21.6. The maximum absolute atomic E-state index is 10.6. The number of benzene rings is 1. The van der Waals surface area contributed by atoms with E-state index in [9.17, 15) is 10.1 Å². The minimum atomic E-state index is -0.448. The predicted molar refractivity (Wildman–Crippen MR) is 134 cm³/mol. The summed E-state index contributed by atoms with van der Waals surface area (Å²) in [5.74, 6) is 0.564. The summed E-state index contributed by atoms with van der Waals surface area (Å²) in [6.07, 6.45) is 3.53. The van der Waals surface area contributed by atoms with Gasteiger partial charge in [-0.15, -0.1) is 0 Å². The fourth-order valence-corrected chi connectivity index (χ4v) is 2.76. The van der Waals surface area contributed by atoms with Crippen LogP contribution in [-0.4, -0.2) is 104 Å². The maximum Gasteiger partial charge on any atom is 0.269 e. The highest BCUT2D eigenvalue weighted by Gasteiger charge is 2.04. The van der Waals surface area contributed by atoms with Crippen molar-refractivity contribution in [2.45, 2.75) is 26.2 Å². The van der Waals surface area contributed by atoms with Gasteiger partial charge in [0.15, 0.2) is 0 Å².